The molecule has 0 N–H and O–H groups in total. The molecule has 0 saturated heterocycles. The Labute approximate surface area is 338 Å². The number of hydrogen-bond acceptors (Lipinski definition) is 4. The van der Waals surface area contributed by atoms with Crippen LogP contribution in [0.3, 0.4) is 0 Å². The summed E-state index contributed by atoms with van der Waals surface area (Å²) in [4.78, 5) is 2.42. The average molecular weight is 760 g/mol. The molecule has 4 heteroatoms. The van der Waals surface area contributed by atoms with Crippen LogP contribution in [0.5, 0.6) is 0 Å². The van der Waals surface area contributed by atoms with E-state index in [4.69, 9.17) is 8.83 Å². The van der Waals surface area contributed by atoms with Crippen molar-refractivity contribution in [1.82, 2.24) is 0 Å². The van der Waals surface area contributed by atoms with Crippen molar-refractivity contribution in [2.45, 2.75) is 0 Å². The van der Waals surface area contributed by atoms with E-state index in [2.05, 4.69) is 199 Å². The molecule has 0 aliphatic rings. The standard InChI is InChI=1S/C54H33NO2S/c1-3-15-34(16-4-1)35-29-31-37(32-30-35)55(45-25-13-23-41-39-20-10-12-28-49(39)58-54(41)45)44-24-14-27-47-50(44)43-33-48-51(42-22-9-11-26-46(42)56-48)52(53(43)57-47)40-21-8-7-19-38(40)36-17-5-2-6-18-36/h1-33H. The Hall–Kier alpha value is -7.40. The monoisotopic (exact) mass is 759 g/mol. The molecule has 0 atom stereocenters. The second kappa shape index (κ2) is 13.1. The van der Waals surface area contributed by atoms with Crippen LogP contribution < -0.4 is 4.90 Å². The van der Waals surface area contributed by atoms with E-state index in [1.807, 2.05) is 17.4 Å². The van der Waals surface area contributed by atoms with Crippen LogP contribution in [0.2, 0.25) is 0 Å². The molecule has 12 rings (SSSR count). The lowest BCUT2D eigenvalue weighted by atomic mass is 9.90. The number of rotatable bonds is 6. The number of thiophene rings is 1. The summed E-state index contributed by atoms with van der Waals surface area (Å²) in [7, 11) is 0. The molecule has 0 aliphatic heterocycles. The molecule has 0 fully saturated rings. The van der Waals surface area contributed by atoms with E-state index in [-0.39, 0.29) is 0 Å². The molecule has 272 valence electrons. The summed E-state index contributed by atoms with van der Waals surface area (Å²) in [6.07, 6.45) is 0. The van der Waals surface area contributed by atoms with Gasteiger partial charge in [0.25, 0.3) is 0 Å². The van der Waals surface area contributed by atoms with Crippen molar-refractivity contribution in [1.29, 1.82) is 0 Å². The summed E-state index contributed by atoms with van der Waals surface area (Å²) < 4.78 is 16.4. The van der Waals surface area contributed by atoms with Gasteiger partial charge in [0.15, 0.2) is 0 Å². The molecule has 0 radical (unpaired) electrons. The summed E-state index contributed by atoms with van der Waals surface area (Å²) in [5, 5.41) is 6.67. The molecule has 3 aromatic heterocycles. The van der Waals surface area contributed by atoms with Crippen molar-refractivity contribution in [3.63, 3.8) is 0 Å². The first-order valence-corrected chi connectivity index (χ1v) is 20.4. The van der Waals surface area contributed by atoms with Crippen molar-refractivity contribution in [2.75, 3.05) is 4.90 Å². The molecule has 9 aromatic carbocycles. The Morgan fingerprint density at radius 3 is 1.83 bits per heavy atom. The van der Waals surface area contributed by atoms with Gasteiger partial charge in [0.2, 0.25) is 0 Å². The van der Waals surface area contributed by atoms with Gasteiger partial charge in [-0.25, -0.2) is 0 Å². The number of fused-ring (bicyclic) bond motifs is 9. The highest BCUT2D eigenvalue weighted by Crippen LogP contribution is 2.52. The maximum Gasteiger partial charge on any atom is 0.144 e. The lowest BCUT2D eigenvalue weighted by Gasteiger charge is -2.27. The lowest BCUT2D eigenvalue weighted by Crippen LogP contribution is -2.10. The van der Waals surface area contributed by atoms with E-state index in [9.17, 15) is 0 Å². The minimum absolute atomic E-state index is 0.817. The van der Waals surface area contributed by atoms with Gasteiger partial charge in [-0.15, -0.1) is 11.3 Å². The predicted octanol–water partition coefficient (Wildman–Crippen LogP) is 16.3. The highest BCUT2D eigenvalue weighted by Gasteiger charge is 2.27. The van der Waals surface area contributed by atoms with Crippen molar-refractivity contribution >= 4 is 92.4 Å². The largest absolute Gasteiger partial charge is 0.456 e. The average Bonchev–Trinajstić information content (AvgIpc) is 3.98. The Morgan fingerprint density at radius 2 is 1.00 bits per heavy atom. The molecule has 0 bridgehead atoms. The second-order valence-corrected chi connectivity index (χ2v) is 15.8. The first-order chi connectivity index (χ1) is 28.8. The van der Waals surface area contributed by atoms with Crippen molar-refractivity contribution in [2.24, 2.45) is 0 Å². The summed E-state index contributed by atoms with van der Waals surface area (Å²) in [6, 6.07) is 71.2. The van der Waals surface area contributed by atoms with Gasteiger partial charge in [-0.05, 0) is 76.3 Å². The Kier molecular flexibility index (Phi) is 7.40. The van der Waals surface area contributed by atoms with Gasteiger partial charge in [0.05, 0.1) is 21.5 Å². The van der Waals surface area contributed by atoms with E-state index in [1.165, 1.54) is 31.3 Å². The fraction of sp³-hybridized carbons (Fsp3) is 0. The zero-order valence-corrected chi connectivity index (χ0v) is 32.0. The predicted molar refractivity (Wildman–Crippen MR) is 245 cm³/mol. The van der Waals surface area contributed by atoms with Crippen LogP contribution >= 0.6 is 11.3 Å². The van der Waals surface area contributed by atoms with Gasteiger partial charge in [0, 0.05) is 42.9 Å². The zero-order valence-electron chi connectivity index (χ0n) is 31.2. The molecule has 3 nitrogen and oxygen atoms in total. The topological polar surface area (TPSA) is 29.5 Å². The van der Waals surface area contributed by atoms with Crippen molar-refractivity contribution in [3.8, 4) is 33.4 Å². The van der Waals surface area contributed by atoms with Crippen LogP contribution in [0.1, 0.15) is 0 Å². The number of benzene rings is 9. The summed E-state index contributed by atoms with van der Waals surface area (Å²) in [5.74, 6) is 0. The highest BCUT2D eigenvalue weighted by molar-refractivity contribution is 7.26. The minimum Gasteiger partial charge on any atom is -0.456 e. The SMILES string of the molecule is c1ccc(-c2ccc(N(c3cccc4c3sc3ccccc34)c3cccc4oc5c(-c6ccccc6-c6ccccc6)c6c(cc5c34)oc3ccccc36)cc2)cc1. The number of para-hydroxylation sites is 1. The molecular formula is C54H33NO2S. The normalized spacial score (nSPS) is 11.8. The molecule has 12 aromatic rings. The third kappa shape index (κ3) is 5.05. The van der Waals surface area contributed by atoms with Gasteiger partial charge >= 0.3 is 0 Å². The molecule has 0 aliphatic carbocycles. The van der Waals surface area contributed by atoms with Gasteiger partial charge < -0.3 is 13.7 Å². The van der Waals surface area contributed by atoms with Crippen molar-refractivity contribution in [3.05, 3.63) is 200 Å². The van der Waals surface area contributed by atoms with E-state index in [0.29, 0.717) is 0 Å². The summed E-state index contributed by atoms with van der Waals surface area (Å²) in [5.41, 5.74) is 13.3. The minimum atomic E-state index is 0.817. The highest BCUT2D eigenvalue weighted by atomic mass is 32.1. The Balaban J connectivity index is 1.18. The first-order valence-electron chi connectivity index (χ1n) is 19.6. The van der Waals surface area contributed by atoms with Crippen LogP contribution in [-0.4, -0.2) is 0 Å². The molecule has 0 spiro atoms. The second-order valence-electron chi connectivity index (χ2n) is 14.8. The fourth-order valence-corrected chi connectivity index (χ4v) is 10.1. The van der Waals surface area contributed by atoms with E-state index in [1.54, 1.807) is 0 Å². The number of anilines is 3. The number of nitrogens with zero attached hydrogens (tertiary/aromatic N) is 1. The molecule has 3 heterocycles. The Bertz CT molecular complexity index is 3500. The maximum atomic E-state index is 7.16. The lowest BCUT2D eigenvalue weighted by molar-refractivity contribution is 0.664. The van der Waals surface area contributed by atoms with E-state index < -0.39 is 0 Å². The van der Waals surface area contributed by atoms with Gasteiger partial charge in [0.1, 0.15) is 22.3 Å². The fourth-order valence-electron chi connectivity index (χ4n) is 8.91. The quantitative estimate of drug-likeness (QED) is 0.169. The van der Waals surface area contributed by atoms with Crippen LogP contribution in [0, 0.1) is 0 Å². The van der Waals surface area contributed by atoms with Crippen LogP contribution in [0.25, 0.3) is 97.4 Å². The first kappa shape index (κ1) is 32.8. The third-order valence-corrected chi connectivity index (χ3v) is 12.7. The zero-order chi connectivity index (χ0) is 38.2. The molecule has 58 heavy (non-hydrogen) atoms. The number of hydrogen-bond donors (Lipinski definition) is 0. The van der Waals surface area contributed by atoms with Crippen LogP contribution in [0.15, 0.2) is 209 Å². The van der Waals surface area contributed by atoms with Crippen LogP contribution in [0.4, 0.5) is 17.1 Å². The molecule has 0 amide bonds. The van der Waals surface area contributed by atoms with Gasteiger partial charge in [-0.1, -0.05) is 152 Å². The maximum absolute atomic E-state index is 7.16. The third-order valence-electron chi connectivity index (χ3n) is 11.5. The summed E-state index contributed by atoms with van der Waals surface area (Å²) >= 11 is 1.84. The molecule has 0 unspecified atom stereocenters. The molecular weight excluding hydrogens is 727 g/mol. The van der Waals surface area contributed by atoms with Crippen molar-refractivity contribution < 1.29 is 8.83 Å². The smallest absolute Gasteiger partial charge is 0.144 e. The summed E-state index contributed by atoms with van der Waals surface area (Å²) in [6.45, 7) is 0. The van der Waals surface area contributed by atoms with Gasteiger partial charge in [-0.3, -0.25) is 0 Å². The molecule has 0 saturated carbocycles. The number of furan rings is 2. The van der Waals surface area contributed by atoms with E-state index in [0.717, 1.165) is 83.2 Å². The van der Waals surface area contributed by atoms with E-state index >= 15 is 0 Å². The van der Waals surface area contributed by atoms with Gasteiger partial charge in [-0.2, -0.15) is 0 Å². The Morgan fingerprint density at radius 1 is 0.379 bits per heavy atom. The van der Waals surface area contributed by atoms with Crippen LogP contribution in [-0.2, 0) is 0 Å².